The van der Waals surface area contributed by atoms with E-state index >= 15 is 0 Å². The number of ether oxygens (including phenoxy) is 2. The third kappa shape index (κ3) is 2.52. The highest BCUT2D eigenvalue weighted by Gasteiger charge is 2.23. The second kappa shape index (κ2) is 4.99. The van der Waals surface area contributed by atoms with Crippen molar-refractivity contribution < 1.29 is 19.4 Å². The standard InChI is InChI=1S/C12H16O4/c1-12(14,6-7-13)9-4-5-10(15-2)11(8-9)16-3/h4-5,7-8,14H,6H2,1-3H3. The highest BCUT2D eigenvalue weighted by molar-refractivity contribution is 5.53. The Kier molecular flexibility index (Phi) is 3.90. The zero-order valence-electron chi connectivity index (χ0n) is 9.69. The summed E-state index contributed by atoms with van der Waals surface area (Å²) >= 11 is 0. The Bertz CT molecular complexity index is 371. The normalized spacial score (nSPS) is 14.0. The fourth-order valence-electron chi connectivity index (χ4n) is 1.45. The van der Waals surface area contributed by atoms with Crippen molar-refractivity contribution in [2.75, 3.05) is 14.2 Å². The van der Waals surface area contributed by atoms with Gasteiger partial charge in [0.05, 0.1) is 19.8 Å². The van der Waals surface area contributed by atoms with Crippen LogP contribution >= 0.6 is 0 Å². The number of carbonyl (C=O) groups is 1. The molecule has 0 aliphatic heterocycles. The van der Waals surface area contributed by atoms with Crippen molar-refractivity contribution in [2.24, 2.45) is 0 Å². The highest BCUT2D eigenvalue weighted by Crippen LogP contribution is 2.33. The Labute approximate surface area is 94.8 Å². The van der Waals surface area contributed by atoms with Crippen LogP contribution in [0, 0.1) is 0 Å². The predicted molar refractivity (Wildman–Crippen MR) is 59.8 cm³/mol. The molecule has 0 saturated carbocycles. The number of methoxy groups -OCH3 is 2. The molecule has 0 bridgehead atoms. The van der Waals surface area contributed by atoms with Crippen LogP contribution in [0.25, 0.3) is 0 Å². The van der Waals surface area contributed by atoms with Crippen LogP contribution < -0.4 is 9.47 Å². The predicted octanol–water partition coefficient (Wildman–Crippen LogP) is 1.50. The van der Waals surface area contributed by atoms with Gasteiger partial charge >= 0.3 is 0 Å². The second-order valence-corrected chi connectivity index (χ2v) is 3.71. The molecule has 1 N–H and O–H groups in total. The SMILES string of the molecule is COc1ccc(C(C)(O)CC=O)cc1OC. The summed E-state index contributed by atoms with van der Waals surface area (Å²) in [4.78, 5) is 10.5. The lowest BCUT2D eigenvalue weighted by Gasteiger charge is -2.22. The monoisotopic (exact) mass is 224 g/mol. The van der Waals surface area contributed by atoms with Gasteiger partial charge in [-0.15, -0.1) is 0 Å². The Morgan fingerprint density at radius 2 is 1.94 bits per heavy atom. The van der Waals surface area contributed by atoms with Crippen LogP contribution in [0.3, 0.4) is 0 Å². The number of benzene rings is 1. The molecule has 4 heteroatoms. The molecule has 1 rings (SSSR count). The van der Waals surface area contributed by atoms with Crippen molar-refractivity contribution in [3.63, 3.8) is 0 Å². The van der Waals surface area contributed by atoms with Gasteiger partial charge in [-0.25, -0.2) is 0 Å². The number of aliphatic hydroxyl groups is 1. The lowest BCUT2D eigenvalue weighted by molar-refractivity contribution is -0.112. The summed E-state index contributed by atoms with van der Waals surface area (Å²) in [5.41, 5.74) is -0.557. The van der Waals surface area contributed by atoms with E-state index in [0.717, 1.165) is 0 Å². The van der Waals surface area contributed by atoms with Gasteiger partial charge in [0.15, 0.2) is 11.5 Å². The maximum Gasteiger partial charge on any atom is 0.161 e. The number of rotatable bonds is 5. The topological polar surface area (TPSA) is 55.8 Å². The minimum absolute atomic E-state index is 0.0441. The van der Waals surface area contributed by atoms with Crippen LogP contribution in [0.15, 0.2) is 18.2 Å². The lowest BCUT2D eigenvalue weighted by Crippen LogP contribution is -2.21. The van der Waals surface area contributed by atoms with E-state index < -0.39 is 5.60 Å². The quantitative estimate of drug-likeness (QED) is 0.770. The maximum absolute atomic E-state index is 10.5. The van der Waals surface area contributed by atoms with E-state index in [1.165, 1.54) is 7.11 Å². The summed E-state index contributed by atoms with van der Waals surface area (Å²) in [5, 5.41) is 10.0. The second-order valence-electron chi connectivity index (χ2n) is 3.71. The minimum atomic E-state index is -1.18. The summed E-state index contributed by atoms with van der Waals surface area (Å²) in [7, 11) is 3.07. The van der Waals surface area contributed by atoms with Crippen molar-refractivity contribution in [1.82, 2.24) is 0 Å². The molecule has 0 aliphatic rings. The molecule has 0 spiro atoms. The smallest absolute Gasteiger partial charge is 0.161 e. The van der Waals surface area contributed by atoms with Gasteiger partial charge in [-0.2, -0.15) is 0 Å². The summed E-state index contributed by atoms with van der Waals surface area (Å²) < 4.78 is 10.2. The molecule has 0 aliphatic carbocycles. The van der Waals surface area contributed by atoms with E-state index in [-0.39, 0.29) is 6.42 Å². The molecule has 1 unspecified atom stereocenters. The summed E-state index contributed by atoms with van der Waals surface area (Å²) in [6.45, 7) is 1.59. The Morgan fingerprint density at radius 3 is 2.44 bits per heavy atom. The van der Waals surface area contributed by atoms with Crippen LogP contribution in [0.5, 0.6) is 11.5 Å². The first-order valence-corrected chi connectivity index (χ1v) is 4.93. The first-order valence-electron chi connectivity index (χ1n) is 4.93. The van der Waals surface area contributed by atoms with Gasteiger partial charge in [-0.3, -0.25) is 0 Å². The molecule has 1 atom stereocenters. The fraction of sp³-hybridized carbons (Fsp3) is 0.417. The largest absolute Gasteiger partial charge is 0.493 e. The molecule has 0 saturated heterocycles. The van der Waals surface area contributed by atoms with E-state index in [4.69, 9.17) is 9.47 Å². The summed E-state index contributed by atoms with van der Waals surface area (Å²) in [6.07, 6.45) is 0.735. The van der Waals surface area contributed by atoms with Crippen molar-refractivity contribution in [3.8, 4) is 11.5 Å². The number of hydrogen-bond acceptors (Lipinski definition) is 4. The maximum atomic E-state index is 10.5. The van der Waals surface area contributed by atoms with Crippen molar-refractivity contribution in [3.05, 3.63) is 23.8 Å². The van der Waals surface area contributed by atoms with Crippen LogP contribution in [0.1, 0.15) is 18.9 Å². The van der Waals surface area contributed by atoms with Crippen molar-refractivity contribution >= 4 is 6.29 Å². The first kappa shape index (κ1) is 12.5. The van der Waals surface area contributed by atoms with Crippen molar-refractivity contribution in [1.29, 1.82) is 0 Å². The van der Waals surface area contributed by atoms with Crippen LogP contribution in [-0.4, -0.2) is 25.6 Å². The molecule has 0 radical (unpaired) electrons. The number of hydrogen-bond donors (Lipinski definition) is 1. The summed E-state index contributed by atoms with van der Waals surface area (Å²) in [6, 6.07) is 5.08. The molecule has 88 valence electrons. The molecule has 16 heavy (non-hydrogen) atoms. The number of carbonyl (C=O) groups excluding carboxylic acids is 1. The van der Waals surface area contributed by atoms with Gasteiger partial charge in [0.2, 0.25) is 0 Å². The van der Waals surface area contributed by atoms with E-state index in [0.29, 0.717) is 23.3 Å². The molecule has 0 heterocycles. The summed E-state index contributed by atoms with van der Waals surface area (Å²) in [5.74, 6) is 1.12. The molecular formula is C12H16O4. The fourth-order valence-corrected chi connectivity index (χ4v) is 1.45. The number of aldehydes is 1. The molecular weight excluding hydrogens is 208 g/mol. The molecule has 1 aromatic carbocycles. The average molecular weight is 224 g/mol. The first-order chi connectivity index (χ1) is 7.55. The van der Waals surface area contributed by atoms with Gasteiger partial charge in [0, 0.05) is 6.42 Å². The van der Waals surface area contributed by atoms with Crippen LogP contribution in [-0.2, 0) is 10.4 Å². The third-order valence-corrected chi connectivity index (χ3v) is 2.49. The highest BCUT2D eigenvalue weighted by atomic mass is 16.5. The Morgan fingerprint density at radius 1 is 1.31 bits per heavy atom. The van der Waals surface area contributed by atoms with Crippen molar-refractivity contribution in [2.45, 2.75) is 18.9 Å². The Balaban J connectivity index is 3.11. The zero-order valence-corrected chi connectivity index (χ0v) is 9.69. The third-order valence-electron chi connectivity index (χ3n) is 2.49. The van der Waals surface area contributed by atoms with Gasteiger partial charge in [-0.05, 0) is 24.6 Å². The van der Waals surface area contributed by atoms with Crippen LogP contribution in [0.4, 0.5) is 0 Å². The average Bonchev–Trinajstić information content (AvgIpc) is 2.28. The van der Waals surface area contributed by atoms with E-state index in [9.17, 15) is 9.90 Å². The minimum Gasteiger partial charge on any atom is -0.493 e. The van der Waals surface area contributed by atoms with Gasteiger partial charge in [0.25, 0.3) is 0 Å². The molecule has 0 amide bonds. The van der Waals surface area contributed by atoms with Crippen LogP contribution in [0.2, 0.25) is 0 Å². The molecule has 0 aromatic heterocycles. The van der Waals surface area contributed by atoms with E-state index in [1.54, 1.807) is 32.2 Å². The Hall–Kier alpha value is -1.55. The molecule has 1 aromatic rings. The van der Waals surface area contributed by atoms with E-state index in [2.05, 4.69) is 0 Å². The lowest BCUT2D eigenvalue weighted by atomic mass is 9.93. The van der Waals surface area contributed by atoms with Gasteiger partial charge in [0.1, 0.15) is 6.29 Å². The van der Waals surface area contributed by atoms with Gasteiger partial charge < -0.3 is 19.4 Å². The zero-order chi connectivity index (χ0) is 12.2. The van der Waals surface area contributed by atoms with E-state index in [1.807, 2.05) is 0 Å². The van der Waals surface area contributed by atoms with Gasteiger partial charge in [-0.1, -0.05) is 6.07 Å². The molecule has 0 fully saturated rings. The molecule has 4 nitrogen and oxygen atoms in total.